The predicted octanol–water partition coefficient (Wildman–Crippen LogP) is 1.94. The highest BCUT2D eigenvalue weighted by Crippen LogP contribution is 2.15. The Morgan fingerprint density at radius 3 is 2.82 bits per heavy atom. The molecule has 0 N–H and O–H groups in total. The third-order valence-corrected chi connectivity index (χ3v) is 4.25. The number of ether oxygens (including phenoxy) is 1. The van der Waals surface area contributed by atoms with Crippen LogP contribution in [-0.2, 0) is 7.05 Å². The maximum absolute atomic E-state index is 12.1. The molecule has 0 spiro atoms. The van der Waals surface area contributed by atoms with Crippen molar-refractivity contribution >= 4 is 27.5 Å². The van der Waals surface area contributed by atoms with Gasteiger partial charge in [-0.1, -0.05) is 23.5 Å². The number of aryl methyl sites for hydroxylation is 1. The molecule has 2 aromatic heterocycles. The van der Waals surface area contributed by atoms with Gasteiger partial charge in [0.2, 0.25) is 11.2 Å². The van der Waals surface area contributed by atoms with Gasteiger partial charge in [0.25, 0.3) is 0 Å². The normalized spacial score (nSPS) is 11.8. The van der Waals surface area contributed by atoms with Gasteiger partial charge in [-0.15, -0.1) is 0 Å². The average molecular weight is 316 g/mol. The zero-order valence-electron chi connectivity index (χ0n) is 11.9. The number of para-hydroxylation sites is 1. The van der Waals surface area contributed by atoms with E-state index in [1.165, 1.54) is 18.4 Å². The number of fused-ring (bicyclic) bond motifs is 1. The molecule has 6 nitrogen and oxygen atoms in total. The zero-order chi connectivity index (χ0) is 15.7. The standard InChI is InChI=1S/C15H12N2O4S/c1-17-9-5-3-4-6-13(9)22-15(17)16-14(19)11-7-10(18)12(20-2)8-21-11/h3-8H,1-2H3. The first kappa shape index (κ1) is 14.3. The first-order valence-electron chi connectivity index (χ1n) is 6.40. The van der Waals surface area contributed by atoms with Crippen LogP contribution >= 0.6 is 11.3 Å². The number of methoxy groups -OCH3 is 1. The summed E-state index contributed by atoms with van der Waals surface area (Å²) in [7, 11) is 3.18. The van der Waals surface area contributed by atoms with E-state index in [4.69, 9.17) is 9.15 Å². The molecule has 3 rings (SSSR count). The number of hydrogen-bond donors (Lipinski definition) is 0. The molecule has 0 aliphatic heterocycles. The first-order chi connectivity index (χ1) is 10.6. The summed E-state index contributed by atoms with van der Waals surface area (Å²) < 4.78 is 12.8. The van der Waals surface area contributed by atoms with Crippen molar-refractivity contribution in [2.24, 2.45) is 12.0 Å². The van der Waals surface area contributed by atoms with Gasteiger partial charge in [-0.3, -0.25) is 9.59 Å². The summed E-state index contributed by atoms with van der Waals surface area (Å²) in [5.41, 5.74) is 0.559. The number of nitrogens with zero attached hydrogens (tertiary/aromatic N) is 2. The van der Waals surface area contributed by atoms with Crippen LogP contribution in [0.1, 0.15) is 10.6 Å². The molecule has 0 saturated carbocycles. The maximum Gasteiger partial charge on any atom is 0.315 e. The van der Waals surface area contributed by atoms with Crippen LogP contribution in [-0.4, -0.2) is 17.6 Å². The molecule has 0 atom stereocenters. The van der Waals surface area contributed by atoms with E-state index in [-0.39, 0.29) is 11.5 Å². The first-order valence-corrected chi connectivity index (χ1v) is 7.22. The predicted molar refractivity (Wildman–Crippen MR) is 82.2 cm³/mol. The summed E-state index contributed by atoms with van der Waals surface area (Å²) in [4.78, 5) is 28.4. The second-order valence-electron chi connectivity index (χ2n) is 4.51. The Morgan fingerprint density at radius 2 is 2.14 bits per heavy atom. The Balaban J connectivity index is 2.07. The number of amides is 1. The monoisotopic (exact) mass is 316 g/mol. The van der Waals surface area contributed by atoms with Crippen molar-refractivity contribution in [1.82, 2.24) is 4.57 Å². The largest absolute Gasteiger partial charge is 0.490 e. The van der Waals surface area contributed by atoms with E-state index in [1.807, 2.05) is 35.9 Å². The summed E-state index contributed by atoms with van der Waals surface area (Å²) in [5.74, 6) is -0.686. The van der Waals surface area contributed by atoms with Crippen molar-refractivity contribution in [2.45, 2.75) is 0 Å². The topological polar surface area (TPSA) is 73.8 Å². The van der Waals surface area contributed by atoms with E-state index < -0.39 is 11.3 Å². The molecule has 112 valence electrons. The van der Waals surface area contributed by atoms with E-state index in [0.29, 0.717) is 4.80 Å². The fraction of sp³-hybridized carbons (Fsp3) is 0.133. The minimum atomic E-state index is -0.609. The van der Waals surface area contributed by atoms with Crippen molar-refractivity contribution in [1.29, 1.82) is 0 Å². The van der Waals surface area contributed by atoms with Crippen LogP contribution in [0.5, 0.6) is 5.75 Å². The Hall–Kier alpha value is -2.67. The number of aromatic nitrogens is 1. The Morgan fingerprint density at radius 1 is 1.36 bits per heavy atom. The fourth-order valence-corrected chi connectivity index (χ4v) is 3.01. The van der Waals surface area contributed by atoms with Gasteiger partial charge in [-0.2, -0.15) is 4.99 Å². The summed E-state index contributed by atoms with van der Waals surface area (Å²) in [6, 6.07) is 8.83. The Labute approximate surface area is 128 Å². The third-order valence-electron chi connectivity index (χ3n) is 3.14. The van der Waals surface area contributed by atoms with E-state index in [2.05, 4.69) is 4.99 Å². The molecule has 0 bridgehead atoms. The maximum atomic E-state index is 12.1. The molecule has 0 aliphatic carbocycles. The zero-order valence-corrected chi connectivity index (χ0v) is 12.7. The number of carbonyl (C=O) groups excluding carboxylic acids is 1. The summed E-state index contributed by atoms with van der Waals surface area (Å²) in [5, 5.41) is 0. The molecule has 0 fully saturated rings. The highest BCUT2D eigenvalue weighted by molar-refractivity contribution is 7.16. The van der Waals surface area contributed by atoms with Gasteiger partial charge in [-0.05, 0) is 12.1 Å². The number of hydrogen-bond acceptors (Lipinski definition) is 5. The molecule has 3 aromatic rings. The molecule has 0 radical (unpaired) electrons. The molecule has 22 heavy (non-hydrogen) atoms. The third kappa shape index (κ3) is 2.46. The number of thiazole rings is 1. The van der Waals surface area contributed by atoms with E-state index in [0.717, 1.165) is 22.5 Å². The minimum Gasteiger partial charge on any atom is -0.490 e. The second-order valence-corrected chi connectivity index (χ2v) is 5.51. The SMILES string of the molecule is COc1coc(C(=O)N=c2sc3ccccc3n2C)cc1=O. The molecule has 2 heterocycles. The van der Waals surface area contributed by atoms with Crippen LogP contribution in [0.25, 0.3) is 10.2 Å². The molecule has 0 unspecified atom stereocenters. The van der Waals surface area contributed by atoms with Crippen LogP contribution in [0.3, 0.4) is 0 Å². The van der Waals surface area contributed by atoms with E-state index in [1.54, 1.807) is 0 Å². The lowest BCUT2D eigenvalue weighted by Gasteiger charge is -1.98. The van der Waals surface area contributed by atoms with Gasteiger partial charge < -0.3 is 13.7 Å². The Kier molecular flexibility index (Phi) is 3.64. The van der Waals surface area contributed by atoms with Gasteiger partial charge >= 0.3 is 5.91 Å². The highest BCUT2D eigenvalue weighted by atomic mass is 32.1. The molecule has 1 amide bonds. The minimum absolute atomic E-state index is 0.0453. The lowest BCUT2D eigenvalue weighted by atomic mass is 10.3. The van der Waals surface area contributed by atoms with Crippen LogP contribution < -0.4 is 15.0 Å². The van der Waals surface area contributed by atoms with Gasteiger partial charge in [0.15, 0.2) is 10.6 Å². The van der Waals surface area contributed by atoms with Gasteiger partial charge in [-0.25, -0.2) is 0 Å². The molecular formula is C15H12N2O4S. The van der Waals surface area contributed by atoms with E-state index in [9.17, 15) is 9.59 Å². The van der Waals surface area contributed by atoms with Crippen molar-refractivity contribution in [3.8, 4) is 5.75 Å². The van der Waals surface area contributed by atoms with Gasteiger partial charge in [0.1, 0.15) is 6.26 Å². The second kappa shape index (κ2) is 5.61. The van der Waals surface area contributed by atoms with E-state index >= 15 is 0 Å². The quantitative estimate of drug-likeness (QED) is 0.724. The molecular weight excluding hydrogens is 304 g/mol. The number of benzene rings is 1. The van der Waals surface area contributed by atoms with Crippen molar-refractivity contribution in [3.05, 3.63) is 57.4 Å². The lowest BCUT2D eigenvalue weighted by molar-refractivity contribution is 0.0968. The summed E-state index contributed by atoms with van der Waals surface area (Å²) in [6.07, 6.45) is 1.11. The Bertz CT molecular complexity index is 981. The van der Waals surface area contributed by atoms with Gasteiger partial charge in [0.05, 0.1) is 17.3 Å². The molecule has 7 heteroatoms. The average Bonchev–Trinajstić information content (AvgIpc) is 2.84. The van der Waals surface area contributed by atoms with Crippen molar-refractivity contribution < 1.29 is 13.9 Å². The van der Waals surface area contributed by atoms with Crippen molar-refractivity contribution in [2.75, 3.05) is 7.11 Å². The lowest BCUT2D eigenvalue weighted by Crippen LogP contribution is -2.14. The van der Waals surface area contributed by atoms with Crippen LogP contribution in [0, 0.1) is 0 Å². The van der Waals surface area contributed by atoms with Crippen molar-refractivity contribution in [3.63, 3.8) is 0 Å². The smallest absolute Gasteiger partial charge is 0.315 e. The number of carbonyl (C=O) groups is 1. The van der Waals surface area contributed by atoms with Crippen LogP contribution in [0.4, 0.5) is 0 Å². The van der Waals surface area contributed by atoms with Crippen LogP contribution in [0.15, 0.2) is 50.8 Å². The molecule has 0 aliphatic rings. The molecule has 0 saturated heterocycles. The molecule has 1 aromatic carbocycles. The number of rotatable bonds is 2. The van der Waals surface area contributed by atoms with Gasteiger partial charge in [0, 0.05) is 13.1 Å². The fourth-order valence-electron chi connectivity index (χ4n) is 1.99. The summed E-state index contributed by atoms with van der Waals surface area (Å²) in [6.45, 7) is 0. The highest BCUT2D eigenvalue weighted by Gasteiger charge is 2.12. The van der Waals surface area contributed by atoms with Crippen LogP contribution in [0.2, 0.25) is 0 Å². The summed E-state index contributed by atoms with van der Waals surface area (Å²) >= 11 is 1.39.